The third-order valence-electron chi connectivity index (χ3n) is 5.27. The molecule has 2 aliphatic rings. The zero-order valence-electron chi connectivity index (χ0n) is 15.0. The Morgan fingerprint density at radius 1 is 1.22 bits per heavy atom. The number of carbonyl (C=O) groups excluding carboxylic acids is 1. The summed E-state index contributed by atoms with van der Waals surface area (Å²) in [7, 11) is 0. The van der Waals surface area contributed by atoms with E-state index in [2.05, 4.69) is 17.1 Å². The number of ether oxygens (including phenoxy) is 1. The standard InChI is InChI=1S/C22H21N3O2/c23-13-17-9-10-21(24-14-17)18-11-19-7-4-8-20(12-18)25(19)22(26)27-15-16-5-2-1-3-6-16/h1-3,5-6,9-11,14,19-20H,4,7-8,12,15H2. The number of nitrogens with zero attached hydrogens (tertiary/aromatic N) is 3. The van der Waals surface area contributed by atoms with Gasteiger partial charge < -0.3 is 4.74 Å². The molecule has 1 amide bonds. The maximum atomic E-state index is 12.7. The van der Waals surface area contributed by atoms with Crippen LogP contribution in [0.4, 0.5) is 4.79 Å². The van der Waals surface area contributed by atoms with Gasteiger partial charge in [0.25, 0.3) is 0 Å². The van der Waals surface area contributed by atoms with Crippen LogP contribution in [0.5, 0.6) is 0 Å². The van der Waals surface area contributed by atoms with Gasteiger partial charge in [-0.3, -0.25) is 9.88 Å². The number of amides is 1. The molecule has 0 saturated carbocycles. The molecule has 0 N–H and O–H groups in total. The molecule has 2 aromatic rings. The number of aromatic nitrogens is 1. The predicted octanol–water partition coefficient (Wildman–Crippen LogP) is 4.30. The minimum atomic E-state index is -0.239. The number of hydrogen-bond acceptors (Lipinski definition) is 4. The van der Waals surface area contributed by atoms with Gasteiger partial charge in [0.15, 0.2) is 0 Å². The highest BCUT2D eigenvalue weighted by atomic mass is 16.6. The van der Waals surface area contributed by atoms with E-state index in [0.29, 0.717) is 12.2 Å². The summed E-state index contributed by atoms with van der Waals surface area (Å²) in [5.41, 5.74) is 3.59. The second kappa shape index (κ2) is 7.63. The Morgan fingerprint density at radius 3 is 2.78 bits per heavy atom. The van der Waals surface area contributed by atoms with Crippen molar-refractivity contribution in [2.75, 3.05) is 0 Å². The third-order valence-corrected chi connectivity index (χ3v) is 5.27. The molecule has 1 fully saturated rings. The van der Waals surface area contributed by atoms with E-state index in [-0.39, 0.29) is 18.2 Å². The first kappa shape index (κ1) is 17.3. The number of nitriles is 1. The lowest BCUT2D eigenvalue weighted by atomic mass is 9.84. The SMILES string of the molecule is N#Cc1ccc(C2=CC3CCCC(C2)N3C(=O)OCc2ccccc2)nc1. The van der Waals surface area contributed by atoms with Gasteiger partial charge >= 0.3 is 6.09 Å². The fraction of sp³-hybridized carbons (Fsp3) is 0.318. The first-order valence-electron chi connectivity index (χ1n) is 9.31. The van der Waals surface area contributed by atoms with Gasteiger partial charge in [0.05, 0.1) is 17.3 Å². The Morgan fingerprint density at radius 2 is 2.07 bits per heavy atom. The van der Waals surface area contributed by atoms with Crippen LogP contribution in [0.15, 0.2) is 54.7 Å². The zero-order valence-corrected chi connectivity index (χ0v) is 15.0. The number of benzene rings is 1. The van der Waals surface area contributed by atoms with Crippen LogP contribution in [0.2, 0.25) is 0 Å². The van der Waals surface area contributed by atoms with Gasteiger partial charge in [0, 0.05) is 12.2 Å². The van der Waals surface area contributed by atoms with Crippen LogP contribution in [0.25, 0.3) is 5.57 Å². The van der Waals surface area contributed by atoms with Gasteiger partial charge in [-0.1, -0.05) is 36.4 Å². The highest BCUT2D eigenvalue weighted by Crippen LogP contribution is 2.37. The lowest BCUT2D eigenvalue weighted by molar-refractivity contribution is 0.0510. The lowest BCUT2D eigenvalue weighted by Crippen LogP contribution is -2.51. The van der Waals surface area contributed by atoms with Crippen LogP contribution in [0, 0.1) is 11.3 Å². The molecule has 2 bridgehead atoms. The summed E-state index contributed by atoms with van der Waals surface area (Å²) in [6.45, 7) is 0.295. The first-order valence-corrected chi connectivity index (χ1v) is 9.31. The van der Waals surface area contributed by atoms with E-state index in [1.165, 1.54) is 0 Å². The molecule has 3 heterocycles. The van der Waals surface area contributed by atoms with Gasteiger partial charge in [0.2, 0.25) is 0 Å². The molecule has 1 aromatic carbocycles. The van der Waals surface area contributed by atoms with Crippen LogP contribution >= 0.6 is 0 Å². The summed E-state index contributed by atoms with van der Waals surface area (Å²) < 4.78 is 5.58. The summed E-state index contributed by atoms with van der Waals surface area (Å²) in [6, 6.07) is 15.7. The molecule has 0 aliphatic carbocycles. The van der Waals surface area contributed by atoms with Gasteiger partial charge in [-0.25, -0.2) is 4.79 Å². The minimum absolute atomic E-state index is 0.0493. The zero-order chi connectivity index (χ0) is 18.6. The van der Waals surface area contributed by atoms with E-state index >= 15 is 0 Å². The second-order valence-corrected chi connectivity index (χ2v) is 7.04. The van der Waals surface area contributed by atoms with Gasteiger partial charge in [-0.2, -0.15) is 5.26 Å². The van der Waals surface area contributed by atoms with Crippen molar-refractivity contribution in [2.45, 2.75) is 44.4 Å². The summed E-state index contributed by atoms with van der Waals surface area (Å²) >= 11 is 0. The Kier molecular flexibility index (Phi) is 4.88. The molecule has 2 atom stereocenters. The number of piperidine rings is 1. The number of pyridine rings is 1. The maximum absolute atomic E-state index is 12.7. The van der Waals surface area contributed by atoms with Crippen molar-refractivity contribution in [1.29, 1.82) is 5.26 Å². The fourth-order valence-corrected chi connectivity index (χ4v) is 3.95. The summed E-state index contributed by atoms with van der Waals surface area (Å²) in [5, 5.41) is 8.94. The molecule has 0 radical (unpaired) electrons. The number of hydrogen-bond donors (Lipinski definition) is 0. The van der Waals surface area contributed by atoms with Crippen molar-refractivity contribution in [3.63, 3.8) is 0 Å². The number of carbonyl (C=O) groups is 1. The highest BCUT2D eigenvalue weighted by molar-refractivity contribution is 5.73. The van der Waals surface area contributed by atoms with Gasteiger partial charge in [-0.05, 0) is 49.0 Å². The molecule has 5 heteroatoms. The second-order valence-electron chi connectivity index (χ2n) is 7.04. The molecule has 1 aromatic heterocycles. The Labute approximate surface area is 158 Å². The molecular weight excluding hydrogens is 338 g/mol. The molecule has 0 spiro atoms. The van der Waals surface area contributed by atoms with Crippen molar-refractivity contribution in [1.82, 2.24) is 9.88 Å². The van der Waals surface area contributed by atoms with Crippen molar-refractivity contribution in [2.24, 2.45) is 0 Å². The Bertz CT molecular complexity index is 884. The fourth-order valence-electron chi connectivity index (χ4n) is 3.95. The molecule has 136 valence electrons. The van der Waals surface area contributed by atoms with Crippen LogP contribution < -0.4 is 0 Å². The van der Waals surface area contributed by atoms with Crippen molar-refractivity contribution in [3.05, 3.63) is 71.6 Å². The Balaban J connectivity index is 1.49. The first-order chi connectivity index (χ1) is 13.2. The van der Waals surface area contributed by atoms with Crippen molar-refractivity contribution >= 4 is 11.7 Å². The van der Waals surface area contributed by atoms with Gasteiger partial charge in [-0.15, -0.1) is 0 Å². The summed E-state index contributed by atoms with van der Waals surface area (Å²) in [6.07, 6.45) is 7.32. The third kappa shape index (κ3) is 3.70. The molecule has 4 rings (SSSR count). The predicted molar refractivity (Wildman–Crippen MR) is 101 cm³/mol. The lowest BCUT2D eigenvalue weighted by Gasteiger charge is -2.44. The van der Waals surface area contributed by atoms with Crippen molar-refractivity contribution in [3.8, 4) is 6.07 Å². The summed E-state index contributed by atoms with van der Waals surface area (Å²) in [4.78, 5) is 19.1. The molecule has 1 saturated heterocycles. The molecular formula is C22H21N3O2. The number of fused-ring (bicyclic) bond motifs is 2. The van der Waals surface area contributed by atoms with E-state index < -0.39 is 0 Å². The molecule has 2 unspecified atom stereocenters. The van der Waals surface area contributed by atoms with E-state index in [9.17, 15) is 4.79 Å². The quantitative estimate of drug-likeness (QED) is 0.819. The van der Waals surface area contributed by atoms with Crippen LogP contribution in [-0.2, 0) is 11.3 Å². The average molecular weight is 359 g/mol. The average Bonchev–Trinajstić information content (AvgIpc) is 2.72. The van der Waals surface area contributed by atoms with Crippen molar-refractivity contribution < 1.29 is 9.53 Å². The molecule has 27 heavy (non-hydrogen) atoms. The van der Waals surface area contributed by atoms with Crippen LogP contribution in [0.3, 0.4) is 0 Å². The van der Waals surface area contributed by atoms with Gasteiger partial charge in [0.1, 0.15) is 12.7 Å². The topological polar surface area (TPSA) is 66.2 Å². The maximum Gasteiger partial charge on any atom is 0.410 e. The number of rotatable bonds is 3. The minimum Gasteiger partial charge on any atom is -0.445 e. The van der Waals surface area contributed by atoms with E-state index in [1.54, 1.807) is 12.3 Å². The van der Waals surface area contributed by atoms with E-state index in [1.807, 2.05) is 41.3 Å². The van der Waals surface area contributed by atoms with Crippen LogP contribution in [0.1, 0.15) is 42.5 Å². The summed E-state index contributed by atoms with van der Waals surface area (Å²) in [5.74, 6) is 0. The van der Waals surface area contributed by atoms with Crippen LogP contribution in [-0.4, -0.2) is 28.1 Å². The largest absolute Gasteiger partial charge is 0.445 e. The Hall–Kier alpha value is -3.13. The van der Waals surface area contributed by atoms with E-state index in [4.69, 9.17) is 10.00 Å². The van der Waals surface area contributed by atoms with E-state index in [0.717, 1.165) is 42.5 Å². The smallest absolute Gasteiger partial charge is 0.410 e. The molecule has 5 nitrogen and oxygen atoms in total. The monoisotopic (exact) mass is 359 g/mol. The normalized spacial score (nSPS) is 21.1. The highest BCUT2D eigenvalue weighted by Gasteiger charge is 2.38. The molecule has 2 aliphatic heterocycles.